The molecule has 0 saturated carbocycles. The summed E-state index contributed by atoms with van der Waals surface area (Å²) in [6.07, 6.45) is 4.58. The van der Waals surface area contributed by atoms with Crippen LogP contribution in [-0.2, 0) is 12.1 Å². The van der Waals surface area contributed by atoms with E-state index in [9.17, 15) is 0 Å². The van der Waals surface area contributed by atoms with E-state index in [1.165, 1.54) is 19.4 Å². The molecule has 1 saturated heterocycles. The van der Waals surface area contributed by atoms with E-state index in [2.05, 4.69) is 48.3 Å². The van der Waals surface area contributed by atoms with Crippen LogP contribution in [0.2, 0.25) is 0 Å². The van der Waals surface area contributed by atoms with Crippen LogP contribution in [0.3, 0.4) is 0 Å². The van der Waals surface area contributed by atoms with Crippen LogP contribution in [-0.4, -0.2) is 46.1 Å². The largest absolute Gasteiger partial charge is 0.307 e. The summed E-state index contributed by atoms with van der Waals surface area (Å²) in [6, 6.07) is 0.587. The second-order valence-electron chi connectivity index (χ2n) is 6.31. The molecule has 102 valence electrons. The van der Waals surface area contributed by atoms with Gasteiger partial charge in [-0.25, -0.2) is 4.68 Å². The molecule has 1 N–H and O–H groups in total. The predicted octanol–water partition coefficient (Wildman–Crippen LogP) is 1.22. The fourth-order valence-corrected chi connectivity index (χ4v) is 2.29. The second-order valence-corrected chi connectivity index (χ2v) is 6.31. The summed E-state index contributed by atoms with van der Waals surface area (Å²) in [5.74, 6) is 0. The van der Waals surface area contributed by atoms with Gasteiger partial charge >= 0.3 is 0 Å². The molecule has 0 aliphatic carbocycles. The first-order chi connectivity index (χ1) is 8.45. The van der Waals surface area contributed by atoms with Gasteiger partial charge in [0.25, 0.3) is 0 Å². The van der Waals surface area contributed by atoms with Crippen LogP contribution in [0.1, 0.15) is 39.3 Å². The lowest BCUT2D eigenvalue weighted by molar-refractivity contribution is 0.226. The summed E-state index contributed by atoms with van der Waals surface area (Å²) in [4.78, 5) is 2.38. The van der Waals surface area contributed by atoms with E-state index >= 15 is 0 Å². The molecule has 1 atom stereocenters. The zero-order chi connectivity index (χ0) is 13.2. The highest BCUT2D eigenvalue weighted by molar-refractivity contribution is 4.95. The summed E-state index contributed by atoms with van der Waals surface area (Å²) >= 11 is 0. The number of likely N-dealkylation sites (N-methyl/N-ethyl adjacent to an activating group) is 1. The van der Waals surface area contributed by atoms with Crippen LogP contribution in [0.4, 0.5) is 0 Å². The summed E-state index contributed by atoms with van der Waals surface area (Å²) in [7, 11) is 2.18. The molecule has 1 fully saturated rings. The Morgan fingerprint density at radius 3 is 2.83 bits per heavy atom. The van der Waals surface area contributed by atoms with Crippen LogP contribution >= 0.6 is 0 Å². The van der Waals surface area contributed by atoms with Gasteiger partial charge in [-0.3, -0.25) is 0 Å². The van der Waals surface area contributed by atoms with E-state index in [4.69, 9.17) is 0 Å². The Morgan fingerprint density at radius 1 is 1.44 bits per heavy atom. The van der Waals surface area contributed by atoms with E-state index in [0.29, 0.717) is 6.04 Å². The number of rotatable bonds is 3. The molecule has 1 unspecified atom stereocenters. The van der Waals surface area contributed by atoms with E-state index < -0.39 is 0 Å². The zero-order valence-corrected chi connectivity index (χ0v) is 12.0. The van der Waals surface area contributed by atoms with E-state index in [1.54, 1.807) is 0 Å². The first-order valence-corrected chi connectivity index (χ1v) is 6.79. The molecule has 0 amide bonds. The second kappa shape index (κ2) is 5.36. The Kier molecular flexibility index (Phi) is 4.02. The van der Waals surface area contributed by atoms with Gasteiger partial charge in [-0.2, -0.15) is 0 Å². The molecule has 2 rings (SSSR count). The fraction of sp³-hybridized carbons (Fsp3) is 0.846. The lowest BCUT2D eigenvalue weighted by Gasteiger charge is -2.30. The van der Waals surface area contributed by atoms with Gasteiger partial charge < -0.3 is 10.2 Å². The third-order valence-corrected chi connectivity index (χ3v) is 3.42. The Bertz CT molecular complexity index is 379. The number of piperidine rings is 1. The van der Waals surface area contributed by atoms with Crippen molar-refractivity contribution in [1.29, 1.82) is 0 Å². The van der Waals surface area contributed by atoms with E-state index in [1.807, 2.05) is 10.9 Å². The lowest BCUT2D eigenvalue weighted by atomic mass is 10.1. The molecule has 0 radical (unpaired) electrons. The van der Waals surface area contributed by atoms with E-state index in [0.717, 1.165) is 18.8 Å². The van der Waals surface area contributed by atoms with Crippen LogP contribution in [0, 0.1) is 0 Å². The van der Waals surface area contributed by atoms with Crippen LogP contribution in [0.25, 0.3) is 0 Å². The van der Waals surface area contributed by atoms with Crippen molar-refractivity contribution in [2.75, 3.05) is 20.1 Å². The molecule has 1 aliphatic rings. The first-order valence-electron chi connectivity index (χ1n) is 6.79. The first kappa shape index (κ1) is 13.5. The van der Waals surface area contributed by atoms with Crippen LogP contribution < -0.4 is 5.32 Å². The minimum atomic E-state index is 0.0102. The maximum atomic E-state index is 4.22. The van der Waals surface area contributed by atoms with Crippen LogP contribution in [0.15, 0.2) is 6.20 Å². The minimum absolute atomic E-state index is 0.0102. The van der Waals surface area contributed by atoms with Crippen molar-refractivity contribution in [3.63, 3.8) is 0 Å². The highest BCUT2D eigenvalue weighted by Gasteiger charge is 2.18. The number of aromatic nitrogens is 3. The van der Waals surface area contributed by atoms with Crippen LogP contribution in [0.5, 0.6) is 0 Å². The molecule has 0 spiro atoms. The van der Waals surface area contributed by atoms with Gasteiger partial charge in [0.15, 0.2) is 0 Å². The minimum Gasteiger partial charge on any atom is -0.307 e. The third kappa shape index (κ3) is 3.53. The Balaban J connectivity index is 1.85. The van der Waals surface area contributed by atoms with Gasteiger partial charge in [0, 0.05) is 19.1 Å². The number of likely N-dealkylation sites (tertiary alicyclic amines) is 1. The molecular weight excluding hydrogens is 226 g/mol. The molecule has 1 aliphatic heterocycles. The van der Waals surface area contributed by atoms with Gasteiger partial charge in [-0.1, -0.05) is 5.21 Å². The molecule has 5 nitrogen and oxygen atoms in total. The summed E-state index contributed by atoms with van der Waals surface area (Å²) in [5, 5.41) is 12.0. The average molecular weight is 251 g/mol. The van der Waals surface area contributed by atoms with Crippen molar-refractivity contribution in [1.82, 2.24) is 25.2 Å². The summed E-state index contributed by atoms with van der Waals surface area (Å²) in [6.45, 7) is 9.57. The number of nitrogens with one attached hydrogen (secondary N) is 1. The van der Waals surface area contributed by atoms with Crippen molar-refractivity contribution in [2.45, 2.75) is 51.7 Å². The fourth-order valence-electron chi connectivity index (χ4n) is 2.29. The van der Waals surface area contributed by atoms with Crippen molar-refractivity contribution in [3.05, 3.63) is 11.9 Å². The standard InChI is InChI=1S/C13H25N5/c1-13(2,3)18-10-12(15-16-18)8-14-11-6-5-7-17(4)9-11/h10-11,14H,5-9H2,1-4H3. The number of hydrogen-bond donors (Lipinski definition) is 1. The normalized spacial score (nSPS) is 22.3. The molecule has 0 bridgehead atoms. The van der Waals surface area contributed by atoms with Crippen molar-refractivity contribution in [2.24, 2.45) is 0 Å². The molecule has 1 aromatic heterocycles. The number of hydrogen-bond acceptors (Lipinski definition) is 4. The van der Waals surface area contributed by atoms with Crippen molar-refractivity contribution < 1.29 is 0 Å². The van der Waals surface area contributed by atoms with E-state index in [-0.39, 0.29) is 5.54 Å². The molecule has 0 aromatic carbocycles. The Hall–Kier alpha value is -0.940. The third-order valence-electron chi connectivity index (χ3n) is 3.42. The monoisotopic (exact) mass is 251 g/mol. The summed E-state index contributed by atoms with van der Waals surface area (Å²) in [5.41, 5.74) is 1.04. The number of nitrogens with zero attached hydrogens (tertiary/aromatic N) is 4. The molecule has 2 heterocycles. The SMILES string of the molecule is CN1CCCC(NCc2cn(C(C)(C)C)nn2)C1. The zero-order valence-electron chi connectivity index (χ0n) is 12.0. The smallest absolute Gasteiger partial charge is 0.0965 e. The maximum Gasteiger partial charge on any atom is 0.0965 e. The molecular formula is C13H25N5. The quantitative estimate of drug-likeness (QED) is 0.877. The highest BCUT2D eigenvalue weighted by atomic mass is 15.4. The predicted molar refractivity (Wildman–Crippen MR) is 72.4 cm³/mol. The van der Waals surface area contributed by atoms with Gasteiger partial charge in [-0.15, -0.1) is 5.10 Å². The topological polar surface area (TPSA) is 46.0 Å². The molecule has 5 heteroatoms. The van der Waals surface area contributed by atoms with Crippen molar-refractivity contribution >= 4 is 0 Å². The Labute approximate surface area is 110 Å². The molecule has 1 aromatic rings. The van der Waals surface area contributed by atoms with Gasteiger partial charge in [0.2, 0.25) is 0 Å². The lowest BCUT2D eigenvalue weighted by Crippen LogP contribution is -2.43. The van der Waals surface area contributed by atoms with Gasteiger partial charge in [-0.05, 0) is 47.2 Å². The average Bonchev–Trinajstić information content (AvgIpc) is 2.74. The van der Waals surface area contributed by atoms with Crippen molar-refractivity contribution in [3.8, 4) is 0 Å². The molecule has 18 heavy (non-hydrogen) atoms. The summed E-state index contributed by atoms with van der Waals surface area (Å²) < 4.78 is 1.93. The van der Waals surface area contributed by atoms with Gasteiger partial charge in [0.1, 0.15) is 0 Å². The van der Waals surface area contributed by atoms with Gasteiger partial charge in [0.05, 0.1) is 17.4 Å². The Morgan fingerprint density at radius 2 is 2.22 bits per heavy atom. The highest BCUT2D eigenvalue weighted by Crippen LogP contribution is 2.12. The maximum absolute atomic E-state index is 4.22.